The van der Waals surface area contributed by atoms with Crippen LogP contribution in [-0.2, 0) is 7.05 Å². The van der Waals surface area contributed by atoms with Gasteiger partial charge in [-0.05, 0) is 15.9 Å². The molecule has 0 aliphatic rings. The van der Waals surface area contributed by atoms with Crippen LogP contribution in [0, 0.1) is 0 Å². The number of rotatable bonds is 3. The van der Waals surface area contributed by atoms with Gasteiger partial charge in [0.2, 0.25) is 5.95 Å². The lowest BCUT2D eigenvalue weighted by Crippen LogP contribution is -2.23. The van der Waals surface area contributed by atoms with Gasteiger partial charge >= 0.3 is 0 Å². The van der Waals surface area contributed by atoms with Crippen LogP contribution in [0.2, 0.25) is 0 Å². The van der Waals surface area contributed by atoms with E-state index in [1.54, 1.807) is 7.05 Å². The van der Waals surface area contributed by atoms with Crippen molar-refractivity contribution in [3.63, 3.8) is 0 Å². The highest BCUT2D eigenvalue weighted by Gasteiger charge is 2.03. The number of hydrogen-bond acceptors (Lipinski definition) is 3. The monoisotopic (exact) mass is 249 g/mol. The second kappa shape index (κ2) is 4.36. The molecular weight excluding hydrogens is 241 g/mol. The molecule has 0 spiro atoms. The van der Waals surface area contributed by atoms with Crippen LogP contribution in [-0.4, -0.2) is 22.8 Å². The van der Waals surface area contributed by atoms with Crippen molar-refractivity contribution in [3.05, 3.63) is 21.0 Å². The number of alkyl halides is 1. The number of nitrogens with zero attached hydrogens (tertiary/aromatic N) is 2. The molecule has 13 heavy (non-hydrogen) atoms. The van der Waals surface area contributed by atoms with Crippen molar-refractivity contribution in [3.8, 4) is 0 Å². The van der Waals surface area contributed by atoms with Crippen LogP contribution in [0.3, 0.4) is 0 Å². The molecule has 0 fully saturated rings. The molecule has 0 atom stereocenters. The van der Waals surface area contributed by atoms with E-state index in [1.165, 1.54) is 10.8 Å². The zero-order chi connectivity index (χ0) is 9.84. The van der Waals surface area contributed by atoms with Gasteiger partial charge in [0.05, 0.1) is 6.20 Å². The molecule has 0 unspecified atom stereocenters. The van der Waals surface area contributed by atoms with Gasteiger partial charge in [0.25, 0.3) is 5.56 Å². The van der Waals surface area contributed by atoms with Gasteiger partial charge in [-0.25, -0.2) is 9.37 Å². The molecular formula is C7H9BrFN3O. The average Bonchev–Trinajstić information content (AvgIpc) is 2.13. The highest BCUT2D eigenvalue weighted by atomic mass is 79.9. The Balaban J connectivity index is 2.97. The van der Waals surface area contributed by atoms with E-state index in [-0.39, 0.29) is 12.1 Å². The second-order valence-electron chi connectivity index (χ2n) is 2.41. The first-order valence-corrected chi connectivity index (χ1v) is 4.47. The number of aromatic nitrogens is 2. The van der Waals surface area contributed by atoms with Gasteiger partial charge in [0.15, 0.2) is 0 Å². The summed E-state index contributed by atoms with van der Waals surface area (Å²) in [6.45, 7) is -0.339. The van der Waals surface area contributed by atoms with Crippen LogP contribution in [0.25, 0.3) is 0 Å². The lowest BCUT2D eigenvalue weighted by molar-refractivity contribution is 0.511. The summed E-state index contributed by atoms with van der Waals surface area (Å²) in [7, 11) is 1.57. The van der Waals surface area contributed by atoms with Crippen molar-refractivity contribution in [2.45, 2.75) is 0 Å². The first kappa shape index (κ1) is 10.2. The van der Waals surface area contributed by atoms with E-state index in [4.69, 9.17) is 0 Å². The lowest BCUT2D eigenvalue weighted by atomic mass is 10.6. The molecule has 0 aliphatic heterocycles. The Bertz CT molecular complexity index is 352. The minimum absolute atomic E-state index is 0.155. The normalized spacial score (nSPS) is 10.1. The van der Waals surface area contributed by atoms with Gasteiger partial charge in [-0.3, -0.25) is 9.36 Å². The van der Waals surface area contributed by atoms with Crippen LogP contribution in [0.1, 0.15) is 0 Å². The van der Waals surface area contributed by atoms with Crippen LogP contribution in [0.15, 0.2) is 15.5 Å². The Kier molecular flexibility index (Phi) is 3.41. The lowest BCUT2D eigenvalue weighted by Gasteiger charge is -2.07. The summed E-state index contributed by atoms with van der Waals surface area (Å²) in [6.07, 6.45) is 1.39. The van der Waals surface area contributed by atoms with E-state index in [0.29, 0.717) is 10.4 Å². The maximum Gasteiger partial charge on any atom is 0.268 e. The molecule has 0 saturated heterocycles. The quantitative estimate of drug-likeness (QED) is 0.867. The summed E-state index contributed by atoms with van der Waals surface area (Å²) < 4.78 is 13.5. The SMILES string of the molecule is Cn1c(NCCF)ncc(Br)c1=O. The number of hydrogen-bond donors (Lipinski definition) is 1. The molecule has 0 amide bonds. The maximum absolute atomic E-state index is 11.8. The fraction of sp³-hybridized carbons (Fsp3) is 0.429. The molecule has 1 N–H and O–H groups in total. The molecule has 0 radical (unpaired) electrons. The van der Waals surface area contributed by atoms with Crippen LogP contribution < -0.4 is 10.9 Å². The molecule has 72 valence electrons. The van der Waals surface area contributed by atoms with E-state index >= 15 is 0 Å². The maximum atomic E-state index is 11.8. The van der Waals surface area contributed by atoms with Crippen molar-refractivity contribution in [2.24, 2.45) is 7.05 Å². The smallest absolute Gasteiger partial charge is 0.268 e. The van der Waals surface area contributed by atoms with Gasteiger partial charge in [-0.2, -0.15) is 0 Å². The zero-order valence-electron chi connectivity index (χ0n) is 7.05. The third-order valence-corrected chi connectivity index (χ3v) is 2.05. The van der Waals surface area contributed by atoms with Crippen LogP contribution in [0.5, 0.6) is 0 Å². The number of halogens is 2. The van der Waals surface area contributed by atoms with Gasteiger partial charge in [0.1, 0.15) is 11.1 Å². The van der Waals surface area contributed by atoms with Crippen molar-refractivity contribution < 1.29 is 4.39 Å². The van der Waals surface area contributed by atoms with Crippen LogP contribution in [0.4, 0.5) is 10.3 Å². The third kappa shape index (κ3) is 2.27. The van der Waals surface area contributed by atoms with E-state index in [0.717, 1.165) is 0 Å². The standard InChI is InChI=1S/C7H9BrFN3O/c1-12-6(13)5(8)4-11-7(12)10-3-2-9/h4H,2-3H2,1H3,(H,10,11). The average molecular weight is 250 g/mol. The summed E-state index contributed by atoms with van der Waals surface area (Å²) in [5.41, 5.74) is -0.198. The number of anilines is 1. The Hall–Kier alpha value is -0.910. The topological polar surface area (TPSA) is 46.9 Å². The Morgan fingerprint density at radius 2 is 2.46 bits per heavy atom. The molecule has 1 aromatic rings. The molecule has 0 saturated carbocycles. The molecule has 6 heteroatoms. The molecule has 1 rings (SSSR count). The van der Waals surface area contributed by atoms with E-state index in [2.05, 4.69) is 26.2 Å². The van der Waals surface area contributed by atoms with Crippen molar-refractivity contribution in [2.75, 3.05) is 18.5 Å². The van der Waals surface area contributed by atoms with Gasteiger partial charge < -0.3 is 5.32 Å². The summed E-state index contributed by atoms with van der Waals surface area (Å²) >= 11 is 3.05. The summed E-state index contributed by atoms with van der Waals surface area (Å²) in [5, 5.41) is 2.69. The van der Waals surface area contributed by atoms with Gasteiger partial charge in [0, 0.05) is 13.6 Å². The summed E-state index contributed by atoms with van der Waals surface area (Å²) in [4.78, 5) is 15.2. The highest BCUT2D eigenvalue weighted by Crippen LogP contribution is 2.03. The second-order valence-corrected chi connectivity index (χ2v) is 3.26. The van der Waals surface area contributed by atoms with E-state index in [1.807, 2.05) is 0 Å². The molecule has 0 bridgehead atoms. The van der Waals surface area contributed by atoms with Crippen LogP contribution >= 0.6 is 15.9 Å². The largest absolute Gasteiger partial charge is 0.353 e. The van der Waals surface area contributed by atoms with Gasteiger partial charge in [-0.1, -0.05) is 0 Å². The number of nitrogens with one attached hydrogen (secondary N) is 1. The Labute approximate surface area is 82.9 Å². The summed E-state index contributed by atoms with van der Waals surface area (Å²) in [5.74, 6) is 0.367. The Morgan fingerprint density at radius 1 is 1.77 bits per heavy atom. The predicted octanol–water partition coefficient (Wildman–Crippen LogP) is 0.924. The third-order valence-electron chi connectivity index (χ3n) is 1.50. The predicted molar refractivity (Wildman–Crippen MR) is 51.6 cm³/mol. The van der Waals surface area contributed by atoms with Crippen molar-refractivity contribution in [1.82, 2.24) is 9.55 Å². The summed E-state index contributed by atoms with van der Waals surface area (Å²) in [6, 6.07) is 0. The molecule has 0 aromatic carbocycles. The van der Waals surface area contributed by atoms with Crippen molar-refractivity contribution in [1.29, 1.82) is 0 Å². The van der Waals surface area contributed by atoms with Crippen molar-refractivity contribution >= 4 is 21.9 Å². The van der Waals surface area contributed by atoms with E-state index in [9.17, 15) is 9.18 Å². The minimum Gasteiger partial charge on any atom is -0.353 e. The first-order valence-electron chi connectivity index (χ1n) is 3.68. The Morgan fingerprint density at radius 3 is 3.08 bits per heavy atom. The highest BCUT2D eigenvalue weighted by molar-refractivity contribution is 9.10. The van der Waals surface area contributed by atoms with E-state index < -0.39 is 6.67 Å². The first-order chi connectivity index (χ1) is 6.16. The van der Waals surface area contributed by atoms with Gasteiger partial charge in [-0.15, -0.1) is 0 Å². The minimum atomic E-state index is -0.494. The molecule has 1 aromatic heterocycles. The fourth-order valence-corrected chi connectivity index (χ4v) is 1.21. The molecule has 4 nitrogen and oxygen atoms in total. The zero-order valence-corrected chi connectivity index (χ0v) is 8.64. The molecule has 0 aliphatic carbocycles. The fourth-order valence-electron chi connectivity index (χ4n) is 0.839. The molecule has 1 heterocycles.